The number of methoxy groups -OCH3 is 1. The van der Waals surface area contributed by atoms with Crippen LogP contribution in [0, 0.1) is 5.92 Å². The lowest BCUT2D eigenvalue weighted by Crippen LogP contribution is -2.24. The molecule has 2 N–H and O–H groups in total. The van der Waals surface area contributed by atoms with Crippen LogP contribution in [0.3, 0.4) is 0 Å². The molecule has 3 amide bonds. The standard InChI is InChI=1S/C18H16N4O4S/c1-26-14-4-2-3-12(7-14)20-16(24)8-13-10-27-18(21-13)22-17(25)11-5-6-15(23)19-9-11/h2-7,9-11H,8H2,1H3,(H,20,24)(H,21,22,25). The van der Waals surface area contributed by atoms with E-state index < -0.39 is 11.8 Å². The van der Waals surface area contributed by atoms with Gasteiger partial charge in [-0.2, -0.15) is 0 Å². The van der Waals surface area contributed by atoms with E-state index in [1.807, 2.05) is 0 Å². The number of aliphatic imine (C=N–C) groups is 1. The number of carbonyl (C=O) groups is 3. The van der Waals surface area contributed by atoms with Gasteiger partial charge in [-0.3, -0.25) is 14.4 Å². The van der Waals surface area contributed by atoms with Crippen LogP contribution in [-0.2, 0) is 20.8 Å². The highest BCUT2D eigenvalue weighted by molar-refractivity contribution is 7.14. The topological polar surface area (TPSA) is 110 Å². The van der Waals surface area contributed by atoms with Crippen molar-refractivity contribution in [2.75, 3.05) is 17.7 Å². The third kappa shape index (κ3) is 5.08. The molecule has 3 rings (SSSR count). The molecule has 1 aromatic heterocycles. The Morgan fingerprint density at radius 2 is 2.15 bits per heavy atom. The first kappa shape index (κ1) is 18.5. The van der Waals surface area contributed by atoms with Crippen molar-refractivity contribution in [3.8, 4) is 5.75 Å². The number of dihydropyridines is 1. The monoisotopic (exact) mass is 384 g/mol. The van der Waals surface area contributed by atoms with Gasteiger partial charge in [0, 0.05) is 29.4 Å². The summed E-state index contributed by atoms with van der Waals surface area (Å²) in [6, 6.07) is 7.04. The predicted molar refractivity (Wildman–Crippen MR) is 102 cm³/mol. The lowest BCUT2D eigenvalue weighted by Gasteiger charge is -2.08. The second kappa shape index (κ2) is 8.37. The molecule has 0 bridgehead atoms. The number of amides is 3. The number of hydrogen-bond acceptors (Lipinski definition) is 6. The van der Waals surface area contributed by atoms with Crippen LogP contribution in [0.15, 0.2) is 46.8 Å². The van der Waals surface area contributed by atoms with E-state index >= 15 is 0 Å². The molecule has 0 saturated heterocycles. The molecule has 27 heavy (non-hydrogen) atoms. The summed E-state index contributed by atoms with van der Waals surface area (Å²) in [5, 5.41) is 7.50. The lowest BCUT2D eigenvalue weighted by molar-refractivity contribution is -0.117. The summed E-state index contributed by atoms with van der Waals surface area (Å²) in [5.41, 5.74) is 1.17. The van der Waals surface area contributed by atoms with Crippen LogP contribution in [0.5, 0.6) is 5.75 Å². The number of carbonyl (C=O) groups excluding carboxylic acids is 3. The number of rotatable bonds is 6. The van der Waals surface area contributed by atoms with E-state index in [0.29, 0.717) is 22.3 Å². The van der Waals surface area contributed by atoms with Crippen LogP contribution in [0.25, 0.3) is 0 Å². The summed E-state index contributed by atoms with van der Waals surface area (Å²) in [5.74, 6) is -0.936. The maximum Gasteiger partial charge on any atom is 0.269 e. The summed E-state index contributed by atoms with van der Waals surface area (Å²) < 4.78 is 5.12. The van der Waals surface area contributed by atoms with Crippen molar-refractivity contribution in [3.05, 3.63) is 47.5 Å². The summed E-state index contributed by atoms with van der Waals surface area (Å²) in [4.78, 5) is 43.1. The van der Waals surface area contributed by atoms with Crippen molar-refractivity contribution >= 4 is 46.1 Å². The Bertz CT molecular complexity index is 919. The van der Waals surface area contributed by atoms with Crippen molar-refractivity contribution in [2.45, 2.75) is 6.42 Å². The fraction of sp³-hybridized carbons (Fsp3) is 0.167. The maximum absolute atomic E-state index is 12.2. The van der Waals surface area contributed by atoms with Crippen molar-refractivity contribution in [1.82, 2.24) is 4.98 Å². The van der Waals surface area contributed by atoms with Gasteiger partial charge in [0.05, 0.1) is 25.1 Å². The Balaban J connectivity index is 1.55. The number of anilines is 2. The minimum absolute atomic E-state index is 0.0723. The number of ether oxygens (including phenoxy) is 1. The van der Waals surface area contributed by atoms with Crippen LogP contribution in [0.2, 0.25) is 0 Å². The SMILES string of the molecule is COc1cccc(NC(=O)Cc2csc(NC(=O)C3C=CC(=O)N=C3)n2)c1. The van der Waals surface area contributed by atoms with Gasteiger partial charge < -0.3 is 15.4 Å². The molecule has 2 aromatic rings. The molecule has 1 aliphatic heterocycles. The molecule has 0 radical (unpaired) electrons. The average Bonchev–Trinajstić information content (AvgIpc) is 3.08. The molecule has 1 unspecified atom stereocenters. The fourth-order valence-electron chi connectivity index (χ4n) is 2.29. The van der Waals surface area contributed by atoms with Crippen LogP contribution in [0.1, 0.15) is 5.69 Å². The lowest BCUT2D eigenvalue weighted by atomic mass is 10.1. The quantitative estimate of drug-likeness (QED) is 0.792. The first-order chi connectivity index (χ1) is 13.0. The molecule has 9 heteroatoms. The number of thiazole rings is 1. The molecular weight excluding hydrogens is 368 g/mol. The Morgan fingerprint density at radius 3 is 2.89 bits per heavy atom. The van der Waals surface area contributed by atoms with Gasteiger partial charge in [0.25, 0.3) is 5.91 Å². The third-order valence-electron chi connectivity index (χ3n) is 3.59. The smallest absolute Gasteiger partial charge is 0.269 e. The summed E-state index contributed by atoms with van der Waals surface area (Å²) >= 11 is 1.22. The van der Waals surface area contributed by atoms with E-state index in [0.717, 1.165) is 0 Å². The second-order valence-electron chi connectivity index (χ2n) is 5.59. The zero-order chi connectivity index (χ0) is 19.2. The van der Waals surface area contributed by atoms with Crippen molar-refractivity contribution in [1.29, 1.82) is 0 Å². The first-order valence-corrected chi connectivity index (χ1v) is 8.87. The third-order valence-corrected chi connectivity index (χ3v) is 4.39. The number of nitrogens with one attached hydrogen (secondary N) is 2. The summed E-state index contributed by atoms with van der Waals surface area (Å²) in [6.45, 7) is 0. The van der Waals surface area contributed by atoms with Crippen LogP contribution < -0.4 is 15.4 Å². The zero-order valence-electron chi connectivity index (χ0n) is 14.3. The minimum atomic E-state index is -0.619. The van der Waals surface area contributed by atoms with Gasteiger partial charge in [-0.15, -0.1) is 11.3 Å². The van der Waals surface area contributed by atoms with Gasteiger partial charge in [0.1, 0.15) is 5.75 Å². The van der Waals surface area contributed by atoms with E-state index in [1.165, 1.54) is 29.7 Å². The Labute approximate surface area is 159 Å². The summed E-state index contributed by atoms with van der Waals surface area (Å²) in [7, 11) is 1.55. The number of hydrogen-bond donors (Lipinski definition) is 2. The van der Waals surface area contributed by atoms with Gasteiger partial charge in [-0.1, -0.05) is 12.1 Å². The molecule has 0 fully saturated rings. The van der Waals surface area contributed by atoms with Crippen LogP contribution >= 0.6 is 11.3 Å². The molecule has 0 spiro atoms. The van der Waals surface area contributed by atoms with Gasteiger partial charge in [-0.25, -0.2) is 9.98 Å². The first-order valence-electron chi connectivity index (χ1n) is 7.99. The number of benzene rings is 1. The number of nitrogens with zero attached hydrogens (tertiary/aromatic N) is 2. The highest BCUT2D eigenvalue weighted by atomic mass is 32.1. The molecule has 0 saturated carbocycles. The number of aromatic nitrogens is 1. The molecule has 1 atom stereocenters. The largest absolute Gasteiger partial charge is 0.497 e. The zero-order valence-corrected chi connectivity index (χ0v) is 15.2. The van der Waals surface area contributed by atoms with Gasteiger partial charge >= 0.3 is 0 Å². The molecule has 0 aliphatic carbocycles. The normalized spacial score (nSPS) is 15.4. The van der Waals surface area contributed by atoms with Crippen molar-refractivity contribution in [3.63, 3.8) is 0 Å². The maximum atomic E-state index is 12.2. The molecule has 1 aliphatic rings. The Kier molecular flexibility index (Phi) is 5.72. The van der Waals surface area contributed by atoms with E-state index in [9.17, 15) is 14.4 Å². The van der Waals surface area contributed by atoms with Crippen molar-refractivity contribution < 1.29 is 19.1 Å². The molecule has 138 valence electrons. The minimum Gasteiger partial charge on any atom is -0.497 e. The Hall–Kier alpha value is -3.33. The Morgan fingerprint density at radius 1 is 1.30 bits per heavy atom. The molecular formula is C18H16N4O4S. The predicted octanol–water partition coefficient (Wildman–Crippen LogP) is 2.05. The summed E-state index contributed by atoms with van der Waals surface area (Å²) in [6.07, 6.45) is 4.08. The van der Waals surface area contributed by atoms with Gasteiger partial charge in [0.15, 0.2) is 5.13 Å². The second-order valence-corrected chi connectivity index (χ2v) is 6.45. The molecule has 1 aromatic carbocycles. The molecule has 8 nitrogen and oxygen atoms in total. The highest BCUT2D eigenvalue weighted by Gasteiger charge is 2.18. The van der Waals surface area contributed by atoms with Gasteiger partial charge in [-0.05, 0) is 12.1 Å². The van der Waals surface area contributed by atoms with E-state index in [-0.39, 0.29) is 18.2 Å². The van der Waals surface area contributed by atoms with E-state index in [1.54, 1.807) is 36.8 Å². The van der Waals surface area contributed by atoms with Gasteiger partial charge in [0.2, 0.25) is 11.8 Å². The van der Waals surface area contributed by atoms with Crippen molar-refractivity contribution in [2.24, 2.45) is 10.9 Å². The van der Waals surface area contributed by atoms with Crippen LogP contribution in [0.4, 0.5) is 10.8 Å². The average molecular weight is 384 g/mol. The fourth-order valence-corrected chi connectivity index (χ4v) is 3.01. The van der Waals surface area contributed by atoms with Crippen LogP contribution in [-0.4, -0.2) is 36.0 Å². The van der Waals surface area contributed by atoms with E-state index in [2.05, 4.69) is 20.6 Å². The van der Waals surface area contributed by atoms with E-state index in [4.69, 9.17) is 4.74 Å². The highest BCUT2D eigenvalue weighted by Crippen LogP contribution is 2.19. The molecule has 2 heterocycles.